The van der Waals surface area contributed by atoms with Gasteiger partial charge in [0.25, 0.3) is 0 Å². The highest BCUT2D eigenvalue weighted by atomic mass is 79.9. The first-order valence-corrected chi connectivity index (χ1v) is 8.69. The Morgan fingerprint density at radius 3 is 2.73 bits per heavy atom. The molecule has 0 radical (unpaired) electrons. The van der Waals surface area contributed by atoms with Crippen molar-refractivity contribution in [2.75, 3.05) is 17.6 Å². The van der Waals surface area contributed by atoms with Crippen molar-refractivity contribution in [1.82, 2.24) is 4.90 Å². The number of para-hydroxylation sites is 1. The SMILES string of the molecule is O=C(Nc1ccccc1Br)N1CCS[C@H]1c1ccccc1F. The molecule has 0 aliphatic carbocycles. The van der Waals surface area contributed by atoms with Crippen LogP contribution in [0.2, 0.25) is 0 Å². The molecular weight excluding hydrogens is 367 g/mol. The van der Waals surface area contributed by atoms with Gasteiger partial charge >= 0.3 is 6.03 Å². The minimum atomic E-state index is -0.288. The van der Waals surface area contributed by atoms with Gasteiger partial charge in [0.2, 0.25) is 0 Å². The smallest absolute Gasteiger partial charge is 0.307 e. The molecule has 0 saturated carbocycles. The van der Waals surface area contributed by atoms with Crippen LogP contribution in [-0.2, 0) is 0 Å². The molecular formula is C16H14BrFN2OS. The minimum absolute atomic E-state index is 0.217. The first-order valence-electron chi connectivity index (χ1n) is 6.85. The number of anilines is 1. The number of thioether (sulfide) groups is 1. The summed E-state index contributed by atoms with van der Waals surface area (Å²) in [6.45, 7) is 0.597. The summed E-state index contributed by atoms with van der Waals surface area (Å²) in [6.07, 6.45) is 0. The van der Waals surface area contributed by atoms with Gasteiger partial charge in [-0.25, -0.2) is 9.18 Å². The van der Waals surface area contributed by atoms with Crippen LogP contribution in [0.1, 0.15) is 10.9 Å². The van der Waals surface area contributed by atoms with Crippen LogP contribution in [-0.4, -0.2) is 23.2 Å². The third-order valence-electron chi connectivity index (χ3n) is 3.44. The molecule has 1 aliphatic heterocycles. The summed E-state index contributed by atoms with van der Waals surface area (Å²) >= 11 is 4.98. The van der Waals surface area contributed by atoms with Crippen LogP contribution in [0.3, 0.4) is 0 Å². The second-order valence-electron chi connectivity index (χ2n) is 4.85. The summed E-state index contributed by atoms with van der Waals surface area (Å²) < 4.78 is 14.8. The van der Waals surface area contributed by atoms with Crippen LogP contribution in [0, 0.1) is 5.82 Å². The fraction of sp³-hybridized carbons (Fsp3) is 0.188. The highest BCUT2D eigenvalue weighted by Crippen LogP contribution is 2.39. The molecule has 0 spiro atoms. The number of carbonyl (C=O) groups excluding carboxylic acids is 1. The largest absolute Gasteiger partial charge is 0.323 e. The van der Waals surface area contributed by atoms with E-state index in [2.05, 4.69) is 21.2 Å². The van der Waals surface area contributed by atoms with Gasteiger partial charge in [-0.1, -0.05) is 30.3 Å². The lowest BCUT2D eigenvalue weighted by atomic mass is 10.2. The third kappa shape index (κ3) is 3.13. The van der Waals surface area contributed by atoms with E-state index >= 15 is 0 Å². The average molecular weight is 381 g/mol. The third-order valence-corrected chi connectivity index (χ3v) is 5.37. The van der Waals surface area contributed by atoms with Crippen molar-refractivity contribution in [2.45, 2.75) is 5.37 Å². The average Bonchev–Trinajstić information content (AvgIpc) is 2.99. The van der Waals surface area contributed by atoms with E-state index in [1.54, 1.807) is 34.9 Å². The fourth-order valence-corrected chi connectivity index (χ4v) is 4.02. The topological polar surface area (TPSA) is 32.3 Å². The molecule has 2 amide bonds. The Bertz CT molecular complexity index is 697. The van der Waals surface area contributed by atoms with Crippen LogP contribution >= 0.6 is 27.7 Å². The van der Waals surface area contributed by atoms with Crippen molar-refractivity contribution in [3.05, 3.63) is 64.4 Å². The predicted molar refractivity (Wildman–Crippen MR) is 91.5 cm³/mol. The Kier molecular flexibility index (Phi) is 4.69. The zero-order chi connectivity index (χ0) is 15.5. The van der Waals surface area contributed by atoms with E-state index in [1.807, 2.05) is 24.3 Å². The first-order chi connectivity index (χ1) is 10.7. The van der Waals surface area contributed by atoms with Crippen molar-refractivity contribution in [2.24, 2.45) is 0 Å². The normalized spacial score (nSPS) is 17.5. The fourth-order valence-electron chi connectivity index (χ4n) is 2.36. The van der Waals surface area contributed by atoms with Gasteiger partial charge in [0.15, 0.2) is 0 Å². The Morgan fingerprint density at radius 2 is 1.95 bits per heavy atom. The maximum atomic E-state index is 14.0. The second-order valence-corrected chi connectivity index (χ2v) is 6.89. The minimum Gasteiger partial charge on any atom is -0.307 e. The number of hydrogen-bond acceptors (Lipinski definition) is 2. The van der Waals surface area contributed by atoms with Gasteiger partial charge < -0.3 is 10.2 Å². The molecule has 0 bridgehead atoms. The lowest BCUT2D eigenvalue weighted by molar-refractivity contribution is 0.213. The summed E-state index contributed by atoms with van der Waals surface area (Å²) in [5.74, 6) is 0.517. The number of nitrogens with zero attached hydrogens (tertiary/aromatic N) is 1. The van der Waals surface area contributed by atoms with Gasteiger partial charge in [0.05, 0.1) is 5.69 Å². The second kappa shape index (κ2) is 6.71. The van der Waals surface area contributed by atoms with Gasteiger partial charge in [-0.3, -0.25) is 0 Å². The Morgan fingerprint density at radius 1 is 1.23 bits per heavy atom. The highest BCUT2D eigenvalue weighted by molar-refractivity contribution is 9.10. The highest BCUT2D eigenvalue weighted by Gasteiger charge is 2.32. The van der Waals surface area contributed by atoms with E-state index in [0.717, 1.165) is 10.2 Å². The van der Waals surface area contributed by atoms with Gasteiger partial charge in [-0.05, 0) is 34.1 Å². The van der Waals surface area contributed by atoms with Crippen molar-refractivity contribution in [3.8, 4) is 0 Å². The molecule has 22 heavy (non-hydrogen) atoms. The number of urea groups is 1. The van der Waals surface area contributed by atoms with Gasteiger partial charge in [0, 0.05) is 22.3 Å². The predicted octanol–water partition coefficient (Wildman–Crippen LogP) is 4.87. The summed E-state index contributed by atoms with van der Waals surface area (Å²) in [6, 6.07) is 13.8. The van der Waals surface area contributed by atoms with Crippen LogP contribution in [0.4, 0.5) is 14.9 Å². The molecule has 1 fully saturated rings. The number of carbonyl (C=O) groups is 1. The number of benzene rings is 2. The molecule has 1 heterocycles. The van der Waals surface area contributed by atoms with Gasteiger partial charge in [-0.15, -0.1) is 11.8 Å². The lowest BCUT2D eigenvalue weighted by Gasteiger charge is -2.25. The molecule has 1 N–H and O–H groups in total. The molecule has 6 heteroatoms. The number of rotatable bonds is 2. The van der Waals surface area contributed by atoms with E-state index in [4.69, 9.17) is 0 Å². The Balaban J connectivity index is 1.80. The molecule has 114 valence electrons. The summed E-state index contributed by atoms with van der Waals surface area (Å²) in [5.41, 5.74) is 1.25. The van der Waals surface area contributed by atoms with E-state index in [9.17, 15) is 9.18 Å². The molecule has 3 nitrogen and oxygen atoms in total. The Labute approximate surface area is 141 Å². The monoisotopic (exact) mass is 380 g/mol. The van der Waals surface area contributed by atoms with Crippen molar-refractivity contribution in [1.29, 1.82) is 0 Å². The first kappa shape index (κ1) is 15.4. The van der Waals surface area contributed by atoms with Gasteiger partial charge in [-0.2, -0.15) is 0 Å². The van der Waals surface area contributed by atoms with Crippen LogP contribution in [0.15, 0.2) is 53.0 Å². The van der Waals surface area contributed by atoms with E-state index < -0.39 is 0 Å². The lowest BCUT2D eigenvalue weighted by Crippen LogP contribution is -2.34. The molecule has 2 aromatic rings. The molecule has 0 aromatic heterocycles. The number of hydrogen-bond donors (Lipinski definition) is 1. The van der Waals surface area contributed by atoms with Crippen molar-refractivity contribution in [3.63, 3.8) is 0 Å². The quantitative estimate of drug-likeness (QED) is 0.805. The maximum Gasteiger partial charge on any atom is 0.323 e. The summed E-state index contributed by atoms with van der Waals surface area (Å²) in [5, 5.41) is 2.59. The zero-order valence-electron chi connectivity index (χ0n) is 11.6. The Hall–Kier alpha value is -1.53. The van der Waals surface area contributed by atoms with Crippen molar-refractivity contribution < 1.29 is 9.18 Å². The molecule has 3 rings (SSSR count). The molecule has 1 atom stereocenters. The van der Waals surface area contributed by atoms with Crippen LogP contribution < -0.4 is 5.32 Å². The number of amides is 2. The number of halogens is 2. The van der Waals surface area contributed by atoms with Crippen molar-refractivity contribution >= 4 is 39.4 Å². The summed E-state index contributed by atoms with van der Waals surface area (Å²) in [7, 11) is 0. The summed E-state index contributed by atoms with van der Waals surface area (Å²) in [4.78, 5) is 14.2. The van der Waals surface area contributed by atoms with Gasteiger partial charge in [0.1, 0.15) is 11.2 Å². The van der Waals surface area contributed by atoms with E-state index in [1.165, 1.54) is 6.07 Å². The molecule has 0 unspecified atom stereocenters. The molecule has 2 aromatic carbocycles. The van der Waals surface area contributed by atoms with Crippen LogP contribution in [0.25, 0.3) is 0 Å². The van der Waals surface area contributed by atoms with Crippen LogP contribution in [0.5, 0.6) is 0 Å². The van der Waals surface area contributed by atoms with E-state index in [0.29, 0.717) is 17.8 Å². The molecule has 1 saturated heterocycles. The van der Waals surface area contributed by atoms with E-state index in [-0.39, 0.29) is 17.2 Å². The zero-order valence-corrected chi connectivity index (χ0v) is 14.0. The number of nitrogens with one attached hydrogen (secondary N) is 1. The standard InChI is InChI=1S/C16H14BrFN2OS/c17-12-6-2-4-8-14(12)19-16(21)20-9-10-22-15(20)11-5-1-3-7-13(11)18/h1-8,15H,9-10H2,(H,19,21)/t15-/m0/s1. The molecule has 1 aliphatic rings. The maximum absolute atomic E-state index is 14.0.